The van der Waals surface area contributed by atoms with Gasteiger partial charge in [0.05, 0.1) is 27.7 Å². The molecule has 0 aromatic heterocycles. The lowest BCUT2D eigenvalue weighted by atomic mass is 10.1. The third kappa shape index (κ3) is 63.8. The summed E-state index contributed by atoms with van der Waals surface area (Å²) in [7, 11) is 1.39. The molecule has 0 rings (SSSR count). The molecular formula is C72H111NO8P+. The minimum absolute atomic E-state index is 0.00464. The lowest BCUT2D eigenvalue weighted by Crippen LogP contribution is -2.37. The molecule has 0 spiro atoms. The largest absolute Gasteiger partial charge is 0.472 e. The Bertz CT molecular complexity index is 2130. The van der Waals surface area contributed by atoms with Gasteiger partial charge in [-0.3, -0.25) is 18.6 Å². The first-order chi connectivity index (χ1) is 40.0. The highest BCUT2D eigenvalue weighted by Crippen LogP contribution is 2.43. The van der Waals surface area contributed by atoms with Gasteiger partial charge in [-0.15, -0.1) is 0 Å². The van der Waals surface area contributed by atoms with Gasteiger partial charge < -0.3 is 18.9 Å². The van der Waals surface area contributed by atoms with Crippen LogP contribution in [0.2, 0.25) is 0 Å². The molecule has 0 fully saturated rings. The van der Waals surface area contributed by atoms with Crippen molar-refractivity contribution in [2.75, 3.05) is 47.5 Å². The van der Waals surface area contributed by atoms with Crippen molar-refractivity contribution < 1.29 is 42.1 Å². The Morgan fingerprint density at radius 1 is 0.378 bits per heavy atom. The monoisotopic (exact) mass is 1150 g/mol. The van der Waals surface area contributed by atoms with Crippen molar-refractivity contribution in [2.45, 2.75) is 187 Å². The highest BCUT2D eigenvalue weighted by Gasteiger charge is 2.27. The molecule has 0 saturated carbocycles. The average Bonchev–Trinajstić information content (AvgIpc) is 3.46. The van der Waals surface area contributed by atoms with Crippen molar-refractivity contribution in [3.63, 3.8) is 0 Å². The quantitative estimate of drug-likeness (QED) is 0.0211. The molecule has 1 N–H and O–H groups in total. The number of quaternary nitrogens is 1. The maximum atomic E-state index is 12.8. The number of hydrogen-bond acceptors (Lipinski definition) is 7. The highest BCUT2D eigenvalue weighted by atomic mass is 31.2. The number of rotatable bonds is 53. The number of phosphoric ester groups is 1. The summed E-state index contributed by atoms with van der Waals surface area (Å²) < 4.78 is 34.5. The Morgan fingerprint density at radius 3 is 0.976 bits per heavy atom. The van der Waals surface area contributed by atoms with Gasteiger partial charge in [-0.2, -0.15) is 0 Å². The van der Waals surface area contributed by atoms with Crippen LogP contribution < -0.4 is 0 Å². The van der Waals surface area contributed by atoms with Crippen LogP contribution in [0.3, 0.4) is 0 Å². The Kier molecular flexibility index (Phi) is 56.2. The molecule has 0 aliphatic rings. The Hall–Kier alpha value is -5.41. The summed E-state index contributed by atoms with van der Waals surface area (Å²) in [5.41, 5.74) is 0. The third-order valence-corrected chi connectivity index (χ3v) is 12.8. The number of carbonyl (C=O) groups excluding carboxylic acids is 2. The summed E-state index contributed by atoms with van der Waals surface area (Å²) in [5, 5.41) is 0. The van der Waals surface area contributed by atoms with Gasteiger partial charge in [0.1, 0.15) is 19.8 Å². The average molecular weight is 1150 g/mol. The maximum Gasteiger partial charge on any atom is 0.472 e. The van der Waals surface area contributed by atoms with Crippen LogP contribution in [0.15, 0.2) is 207 Å². The van der Waals surface area contributed by atoms with E-state index in [0.29, 0.717) is 23.9 Å². The molecule has 0 saturated heterocycles. The van der Waals surface area contributed by atoms with Crippen molar-refractivity contribution in [1.82, 2.24) is 0 Å². The lowest BCUT2D eigenvalue weighted by molar-refractivity contribution is -0.870. The predicted molar refractivity (Wildman–Crippen MR) is 352 cm³/mol. The minimum Gasteiger partial charge on any atom is -0.462 e. The molecule has 2 unspecified atom stereocenters. The molecular weight excluding hydrogens is 1040 g/mol. The van der Waals surface area contributed by atoms with Crippen LogP contribution in [0.1, 0.15) is 181 Å². The summed E-state index contributed by atoms with van der Waals surface area (Å²) >= 11 is 0. The number of phosphoric acid groups is 1. The number of ether oxygens (including phenoxy) is 2. The minimum atomic E-state index is -4.42. The summed E-state index contributed by atoms with van der Waals surface area (Å²) in [4.78, 5) is 35.7. The van der Waals surface area contributed by atoms with Crippen LogP contribution in [0.25, 0.3) is 0 Å². The standard InChI is InChI=1S/C72H110NO8P/c1-6-8-10-12-14-16-18-20-22-24-26-27-28-29-30-31-32-33-34-35-36-37-38-39-40-41-42-43-44-45-47-49-51-53-55-57-59-61-63-65-72(75)81-70(69-80-82(76,77)79-67-66-73(3,4)5)68-78-71(74)64-62-60-58-56-54-52-50-48-46-25-23-21-19-17-15-13-11-9-7-2/h8-11,14-17,20-23,26-27,29-30,32-33,35-36,38-39,41-42,44-46,48-49,51-52,54-55,57,70H,6-7,12-13,18-19,24-25,28,31,34,37,40,43,47,50,53,56,58-69H2,1-5H3/p+1/b10-8-,11-9-,16-14-,17-15-,22-20-,23-21-,27-26-,30-29-,33-32-,36-35-,39-38-,42-41-,45-44-,48-46-,51-49-,54-52-,57-55-. The summed E-state index contributed by atoms with van der Waals surface area (Å²) in [6, 6.07) is 0. The number of carbonyl (C=O) groups is 2. The molecule has 0 radical (unpaired) electrons. The molecule has 82 heavy (non-hydrogen) atoms. The fourth-order valence-electron chi connectivity index (χ4n) is 7.14. The Labute approximate surface area is 500 Å². The van der Waals surface area contributed by atoms with Gasteiger partial charge in [-0.1, -0.05) is 227 Å². The SMILES string of the molecule is CC/C=C\C/C=C\C/C=C\C/C=C\C/C=C\C/C=C\C/C=C\C/C=C\C/C=C\C/C=C\C/C=C\C/C=C\CCCCC(=O)OC(COC(=O)CCCCC/C=C\C/C=C\C/C=C\C/C=C\C/C=C\CC)COP(=O)(O)OCC[N+](C)(C)C. The molecule has 9 nitrogen and oxygen atoms in total. The molecule has 0 heterocycles. The summed E-state index contributed by atoms with van der Waals surface area (Å²) in [6.45, 7) is 4.07. The molecule has 2 atom stereocenters. The Balaban J connectivity index is 4.32. The zero-order valence-electron chi connectivity index (χ0n) is 51.6. The van der Waals surface area contributed by atoms with Crippen LogP contribution in [-0.2, 0) is 32.7 Å². The van der Waals surface area contributed by atoms with Gasteiger partial charge in [0.2, 0.25) is 0 Å². The first kappa shape index (κ1) is 76.6. The molecule has 0 aromatic carbocycles. The van der Waals surface area contributed by atoms with E-state index >= 15 is 0 Å². The second-order valence-corrected chi connectivity index (χ2v) is 22.1. The van der Waals surface area contributed by atoms with Gasteiger partial charge in [0.15, 0.2) is 6.10 Å². The molecule has 0 bridgehead atoms. The summed E-state index contributed by atoms with van der Waals surface area (Å²) in [5.74, 6) is -0.908. The first-order valence-electron chi connectivity index (χ1n) is 30.8. The van der Waals surface area contributed by atoms with Crippen LogP contribution in [0.4, 0.5) is 0 Å². The van der Waals surface area contributed by atoms with Crippen LogP contribution in [0, 0.1) is 0 Å². The Morgan fingerprint density at radius 2 is 0.659 bits per heavy atom. The van der Waals surface area contributed by atoms with Crippen molar-refractivity contribution in [2.24, 2.45) is 0 Å². The highest BCUT2D eigenvalue weighted by molar-refractivity contribution is 7.47. The molecule has 0 aliphatic carbocycles. The van der Waals surface area contributed by atoms with E-state index in [2.05, 4.69) is 220 Å². The molecule has 456 valence electrons. The third-order valence-electron chi connectivity index (χ3n) is 11.8. The number of nitrogens with zero attached hydrogens (tertiary/aromatic N) is 1. The van der Waals surface area contributed by atoms with Gasteiger partial charge in [-0.05, 0) is 148 Å². The van der Waals surface area contributed by atoms with Crippen LogP contribution >= 0.6 is 7.82 Å². The van der Waals surface area contributed by atoms with Gasteiger partial charge in [-0.25, -0.2) is 4.57 Å². The zero-order valence-corrected chi connectivity index (χ0v) is 52.5. The first-order valence-corrected chi connectivity index (χ1v) is 32.3. The van der Waals surface area contributed by atoms with E-state index in [-0.39, 0.29) is 26.1 Å². The number of likely N-dealkylation sites (N-methyl/N-ethyl adjacent to an activating group) is 1. The molecule has 0 aromatic rings. The van der Waals surface area contributed by atoms with Crippen molar-refractivity contribution >= 4 is 19.8 Å². The van der Waals surface area contributed by atoms with Gasteiger partial charge in [0, 0.05) is 12.8 Å². The lowest BCUT2D eigenvalue weighted by Gasteiger charge is -2.24. The van der Waals surface area contributed by atoms with E-state index in [1.165, 1.54) is 0 Å². The van der Waals surface area contributed by atoms with E-state index in [4.69, 9.17) is 18.5 Å². The van der Waals surface area contributed by atoms with Crippen LogP contribution in [-0.4, -0.2) is 74.9 Å². The van der Waals surface area contributed by atoms with Crippen LogP contribution in [0.5, 0.6) is 0 Å². The maximum absolute atomic E-state index is 12.8. The van der Waals surface area contributed by atoms with E-state index in [1.807, 2.05) is 21.1 Å². The van der Waals surface area contributed by atoms with E-state index in [1.54, 1.807) is 0 Å². The van der Waals surface area contributed by atoms with Gasteiger partial charge in [0.25, 0.3) is 0 Å². The number of hydrogen-bond donors (Lipinski definition) is 1. The number of esters is 2. The fourth-order valence-corrected chi connectivity index (χ4v) is 7.88. The summed E-state index contributed by atoms with van der Waals surface area (Å²) in [6.07, 6.45) is 96.3. The number of unbranched alkanes of at least 4 members (excludes halogenated alkanes) is 5. The molecule has 0 aliphatic heterocycles. The zero-order chi connectivity index (χ0) is 59.8. The smallest absolute Gasteiger partial charge is 0.462 e. The molecule has 10 heteroatoms. The van der Waals surface area contributed by atoms with Gasteiger partial charge >= 0.3 is 19.8 Å². The predicted octanol–water partition coefficient (Wildman–Crippen LogP) is 19.9. The number of allylic oxidation sites excluding steroid dienone is 34. The second kappa shape index (κ2) is 60.2. The van der Waals surface area contributed by atoms with E-state index < -0.39 is 32.5 Å². The molecule has 0 amide bonds. The van der Waals surface area contributed by atoms with Crippen molar-refractivity contribution in [1.29, 1.82) is 0 Å². The van der Waals surface area contributed by atoms with Crippen molar-refractivity contribution in [3.8, 4) is 0 Å². The second-order valence-electron chi connectivity index (χ2n) is 20.6. The van der Waals surface area contributed by atoms with Crippen molar-refractivity contribution in [3.05, 3.63) is 207 Å². The normalized spacial score (nSPS) is 14.7. The van der Waals surface area contributed by atoms with E-state index in [9.17, 15) is 19.0 Å². The fraction of sp³-hybridized carbons (Fsp3) is 0.500. The van der Waals surface area contributed by atoms with E-state index in [0.717, 1.165) is 141 Å². The topological polar surface area (TPSA) is 108 Å².